The summed E-state index contributed by atoms with van der Waals surface area (Å²) in [6.45, 7) is 8.97. The van der Waals surface area contributed by atoms with Gasteiger partial charge in [0, 0.05) is 30.2 Å². The number of rotatable bonds is 4. The highest BCUT2D eigenvalue weighted by molar-refractivity contribution is 5.49. The van der Waals surface area contributed by atoms with Crippen LogP contribution in [0.5, 0.6) is 0 Å². The van der Waals surface area contributed by atoms with Crippen LogP contribution in [0.25, 0.3) is 11.5 Å². The van der Waals surface area contributed by atoms with Crippen LogP contribution in [0.2, 0.25) is 0 Å². The summed E-state index contributed by atoms with van der Waals surface area (Å²) < 4.78 is 0. The van der Waals surface area contributed by atoms with E-state index >= 15 is 0 Å². The molecule has 0 unspecified atom stereocenters. The van der Waals surface area contributed by atoms with Crippen molar-refractivity contribution in [2.45, 2.75) is 46.1 Å². The van der Waals surface area contributed by atoms with Crippen molar-refractivity contribution in [3.8, 4) is 11.5 Å². The fourth-order valence-corrected chi connectivity index (χ4v) is 3.21. The van der Waals surface area contributed by atoms with Crippen molar-refractivity contribution >= 4 is 0 Å². The lowest BCUT2D eigenvalue weighted by molar-refractivity contribution is 0.139. The molecule has 1 saturated heterocycles. The number of imidazole rings is 1. The number of hydrogen-bond acceptors (Lipinski definition) is 4. The number of piperidine rings is 1. The van der Waals surface area contributed by atoms with Gasteiger partial charge in [0.15, 0.2) is 5.82 Å². The Morgan fingerprint density at radius 2 is 2.18 bits per heavy atom. The number of H-pyrrole nitrogens is 1. The number of aromatic nitrogens is 4. The molecule has 3 heterocycles. The Morgan fingerprint density at radius 1 is 1.32 bits per heavy atom. The first-order chi connectivity index (χ1) is 10.6. The molecule has 1 fully saturated rings. The maximum Gasteiger partial charge on any atom is 0.156 e. The molecule has 22 heavy (non-hydrogen) atoms. The Hall–Kier alpha value is -1.75. The van der Waals surface area contributed by atoms with Gasteiger partial charge in [-0.3, -0.25) is 0 Å². The van der Waals surface area contributed by atoms with E-state index < -0.39 is 0 Å². The van der Waals surface area contributed by atoms with E-state index in [2.05, 4.69) is 44.7 Å². The number of nitrogens with one attached hydrogen (secondary N) is 1. The van der Waals surface area contributed by atoms with Gasteiger partial charge in [-0.25, -0.2) is 15.0 Å². The van der Waals surface area contributed by atoms with Crippen molar-refractivity contribution in [3.05, 3.63) is 30.0 Å². The van der Waals surface area contributed by atoms with Crippen LogP contribution in [0.15, 0.2) is 18.6 Å². The van der Waals surface area contributed by atoms with Crippen molar-refractivity contribution in [1.82, 2.24) is 24.8 Å². The minimum Gasteiger partial charge on any atom is -0.341 e. The Labute approximate surface area is 132 Å². The molecule has 1 N–H and O–H groups in total. The summed E-state index contributed by atoms with van der Waals surface area (Å²) >= 11 is 0. The van der Waals surface area contributed by atoms with Crippen molar-refractivity contribution in [3.63, 3.8) is 0 Å². The zero-order valence-electron chi connectivity index (χ0n) is 13.7. The number of aromatic amines is 1. The zero-order valence-corrected chi connectivity index (χ0v) is 13.7. The van der Waals surface area contributed by atoms with Gasteiger partial charge in [-0.1, -0.05) is 0 Å². The fraction of sp³-hybridized carbons (Fsp3) is 0.588. The Morgan fingerprint density at radius 3 is 2.91 bits per heavy atom. The summed E-state index contributed by atoms with van der Waals surface area (Å²) in [6.07, 6.45) is 7.10. The highest BCUT2D eigenvalue weighted by Gasteiger charge is 2.22. The molecule has 2 aromatic rings. The summed E-state index contributed by atoms with van der Waals surface area (Å²) in [6, 6.07) is 2.71. The number of likely N-dealkylation sites (tertiary alicyclic amines) is 1. The third-order valence-corrected chi connectivity index (χ3v) is 4.45. The van der Waals surface area contributed by atoms with Crippen LogP contribution in [0.4, 0.5) is 0 Å². The normalized spacial score (nSPS) is 19.7. The average Bonchev–Trinajstić information content (AvgIpc) is 2.94. The van der Waals surface area contributed by atoms with E-state index in [0.717, 1.165) is 29.3 Å². The topological polar surface area (TPSA) is 57.7 Å². The Bertz CT molecular complexity index is 619. The molecule has 3 rings (SSSR count). The number of hydrogen-bond donors (Lipinski definition) is 1. The van der Waals surface area contributed by atoms with Gasteiger partial charge in [-0.15, -0.1) is 0 Å². The Balaban J connectivity index is 1.70. The largest absolute Gasteiger partial charge is 0.341 e. The van der Waals surface area contributed by atoms with Crippen LogP contribution in [0.3, 0.4) is 0 Å². The Kier molecular flexibility index (Phi) is 4.52. The highest BCUT2D eigenvalue weighted by Crippen LogP contribution is 2.22. The van der Waals surface area contributed by atoms with Gasteiger partial charge in [0.2, 0.25) is 0 Å². The monoisotopic (exact) mass is 299 g/mol. The molecule has 0 saturated carbocycles. The van der Waals surface area contributed by atoms with Crippen molar-refractivity contribution in [2.24, 2.45) is 5.92 Å². The van der Waals surface area contributed by atoms with E-state index in [1.165, 1.54) is 25.9 Å². The molecule has 0 radical (unpaired) electrons. The zero-order chi connectivity index (χ0) is 15.5. The van der Waals surface area contributed by atoms with Crippen LogP contribution in [0.1, 0.15) is 38.1 Å². The fourth-order valence-electron chi connectivity index (χ4n) is 3.21. The van der Waals surface area contributed by atoms with E-state index in [1.807, 2.05) is 13.1 Å². The summed E-state index contributed by atoms with van der Waals surface area (Å²) in [5, 5.41) is 0. The maximum atomic E-state index is 4.46. The quantitative estimate of drug-likeness (QED) is 0.943. The maximum absolute atomic E-state index is 4.46. The molecule has 2 aromatic heterocycles. The lowest BCUT2D eigenvalue weighted by Crippen LogP contribution is -2.40. The van der Waals surface area contributed by atoms with Gasteiger partial charge in [0.25, 0.3) is 0 Å². The predicted octanol–water partition coefficient (Wildman–Crippen LogP) is 2.84. The molecule has 0 bridgehead atoms. The average molecular weight is 299 g/mol. The van der Waals surface area contributed by atoms with Gasteiger partial charge in [0.05, 0.1) is 0 Å². The lowest BCUT2D eigenvalue weighted by atomic mass is 9.92. The van der Waals surface area contributed by atoms with Crippen LogP contribution in [-0.2, 0) is 6.42 Å². The molecule has 1 aliphatic heterocycles. The van der Waals surface area contributed by atoms with E-state index in [4.69, 9.17) is 0 Å². The molecular weight excluding hydrogens is 274 g/mol. The van der Waals surface area contributed by atoms with Gasteiger partial charge in [0.1, 0.15) is 12.0 Å². The second-order valence-corrected chi connectivity index (χ2v) is 6.61. The van der Waals surface area contributed by atoms with Crippen molar-refractivity contribution in [2.75, 3.05) is 13.1 Å². The first-order valence-corrected chi connectivity index (χ1v) is 8.19. The predicted molar refractivity (Wildman–Crippen MR) is 87.5 cm³/mol. The third-order valence-electron chi connectivity index (χ3n) is 4.45. The minimum atomic E-state index is 0.634. The summed E-state index contributed by atoms with van der Waals surface area (Å²) in [7, 11) is 0. The van der Waals surface area contributed by atoms with Crippen LogP contribution < -0.4 is 0 Å². The van der Waals surface area contributed by atoms with Crippen LogP contribution in [-0.4, -0.2) is 44.0 Å². The molecule has 1 atom stereocenters. The van der Waals surface area contributed by atoms with E-state index in [0.29, 0.717) is 12.0 Å². The molecule has 0 aromatic carbocycles. The van der Waals surface area contributed by atoms with E-state index in [-0.39, 0.29) is 0 Å². The van der Waals surface area contributed by atoms with Gasteiger partial charge < -0.3 is 9.88 Å². The van der Waals surface area contributed by atoms with Gasteiger partial charge in [-0.2, -0.15) is 0 Å². The number of aryl methyl sites for hydroxylation is 1. The third kappa shape index (κ3) is 3.53. The van der Waals surface area contributed by atoms with E-state index in [1.54, 1.807) is 6.33 Å². The lowest BCUT2D eigenvalue weighted by Gasteiger charge is -2.35. The summed E-state index contributed by atoms with van der Waals surface area (Å²) in [4.78, 5) is 19.0. The minimum absolute atomic E-state index is 0.634. The number of nitrogens with zero attached hydrogens (tertiary/aromatic N) is 4. The van der Waals surface area contributed by atoms with E-state index in [9.17, 15) is 0 Å². The molecule has 5 heteroatoms. The van der Waals surface area contributed by atoms with Crippen LogP contribution in [0, 0.1) is 12.8 Å². The molecule has 1 aliphatic rings. The molecular formula is C17H25N5. The summed E-state index contributed by atoms with van der Waals surface area (Å²) in [5.74, 6) is 1.52. The molecule has 0 spiro atoms. The first kappa shape index (κ1) is 15.2. The second-order valence-electron chi connectivity index (χ2n) is 6.61. The molecule has 0 aliphatic carbocycles. The SMILES string of the molecule is Cc1cnc(-c2cc(C[C@H]3CCCN(C(C)C)C3)ncn2)[nH]1. The second kappa shape index (κ2) is 6.57. The van der Waals surface area contributed by atoms with Gasteiger partial charge in [-0.05, 0) is 58.6 Å². The first-order valence-electron chi connectivity index (χ1n) is 8.19. The molecule has 5 nitrogen and oxygen atoms in total. The van der Waals surface area contributed by atoms with Crippen molar-refractivity contribution in [1.29, 1.82) is 0 Å². The summed E-state index contributed by atoms with van der Waals surface area (Å²) in [5.41, 5.74) is 3.05. The highest BCUT2D eigenvalue weighted by atomic mass is 15.2. The smallest absolute Gasteiger partial charge is 0.156 e. The molecule has 118 valence electrons. The van der Waals surface area contributed by atoms with Gasteiger partial charge >= 0.3 is 0 Å². The van der Waals surface area contributed by atoms with Crippen LogP contribution >= 0.6 is 0 Å². The standard InChI is InChI=1S/C17H25N5/c1-12(2)22-6-4-5-14(10-22)7-15-8-16(20-11-19-15)17-18-9-13(3)21-17/h8-9,11-12,14H,4-7,10H2,1-3H3,(H,18,21)/t14-/m1/s1. The molecule has 0 amide bonds. The van der Waals surface area contributed by atoms with Crippen molar-refractivity contribution < 1.29 is 0 Å².